The van der Waals surface area contributed by atoms with Crippen LogP contribution in [0.2, 0.25) is 0 Å². The van der Waals surface area contributed by atoms with Crippen LogP contribution in [0.1, 0.15) is 20.7 Å². The number of esters is 1. The van der Waals surface area contributed by atoms with E-state index in [2.05, 4.69) is 16.5 Å². The lowest BCUT2D eigenvalue weighted by atomic mass is 10.0. The molecule has 12 nitrogen and oxygen atoms in total. The first-order chi connectivity index (χ1) is 24.0. The summed E-state index contributed by atoms with van der Waals surface area (Å²) in [6.07, 6.45) is 1.41. The SMILES string of the molecule is C=CCOC(=O)c1c(C(=O)O)ccc2c3nc4nc(nc5[nH]c(nc6nc(nc([nH]3)c12)-c1ccccc1-6)c1ccccc51)-c1ccccc1-4. The van der Waals surface area contributed by atoms with E-state index in [-0.39, 0.29) is 28.8 Å². The second kappa shape index (κ2) is 10.7. The number of hydrogen-bond donors (Lipinski definition) is 3. The van der Waals surface area contributed by atoms with E-state index in [0.717, 1.165) is 27.5 Å². The van der Waals surface area contributed by atoms with Crippen molar-refractivity contribution in [2.45, 2.75) is 0 Å². The maximum atomic E-state index is 13.5. The molecular formula is C37H22N8O4. The van der Waals surface area contributed by atoms with Crippen LogP contribution in [0, 0.1) is 0 Å². The zero-order chi connectivity index (χ0) is 33.2. The summed E-state index contributed by atoms with van der Waals surface area (Å²) in [5.41, 5.74) is 4.14. The molecule has 7 aromatic rings. The van der Waals surface area contributed by atoms with Gasteiger partial charge in [-0.25, -0.2) is 39.5 Å². The fourth-order valence-electron chi connectivity index (χ4n) is 6.33. The van der Waals surface area contributed by atoms with Crippen LogP contribution < -0.4 is 0 Å². The number of aromatic nitrogens is 8. The van der Waals surface area contributed by atoms with Crippen LogP contribution in [0.15, 0.2) is 97.6 Å². The summed E-state index contributed by atoms with van der Waals surface area (Å²) in [6.45, 7) is 3.49. The number of rotatable bonds is 4. The van der Waals surface area contributed by atoms with Gasteiger partial charge in [-0.05, 0) is 12.1 Å². The number of benzene rings is 4. The number of carboxylic acids is 1. The quantitative estimate of drug-likeness (QED) is 0.135. The molecule has 12 heteroatoms. The number of nitrogens with one attached hydrogen (secondary N) is 2. The van der Waals surface area contributed by atoms with Gasteiger partial charge >= 0.3 is 11.9 Å². The summed E-state index contributed by atoms with van der Waals surface area (Å²) < 4.78 is 5.38. The summed E-state index contributed by atoms with van der Waals surface area (Å²) in [4.78, 5) is 62.1. The molecule has 0 saturated heterocycles. The molecule has 8 bridgehead atoms. The van der Waals surface area contributed by atoms with Gasteiger partial charge in [-0.1, -0.05) is 85.5 Å². The Morgan fingerprint density at radius 1 is 0.612 bits per heavy atom. The minimum absolute atomic E-state index is 0.118. The maximum absolute atomic E-state index is 13.5. The summed E-state index contributed by atoms with van der Waals surface area (Å²) in [7, 11) is 0. The van der Waals surface area contributed by atoms with Crippen molar-refractivity contribution >= 4 is 56.1 Å². The molecule has 0 aliphatic carbocycles. The first kappa shape index (κ1) is 28.2. The molecular weight excluding hydrogens is 620 g/mol. The molecule has 0 atom stereocenters. The first-order valence-corrected chi connectivity index (χ1v) is 15.3. The van der Waals surface area contributed by atoms with Crippen LogP contribution in [-0.2, 0) is 4.74 Å². The Morgan fingerprint density at radius 2 is 1.06 bits per heavy atom. The molecule has 2 aliphatic rings. The van der Waals surface area contributed by atoms with Crippen LogP contribution in [0.3, 0.4) is 0 Å². The van der Waals surface area contributed by atoms with E-state index in [9.17, 15) is 14.7 Å². The Morgan fingerprint density at radius 3 is 1.55 bits per heavy atom. The highest BCUT2D eigenvalue weighted by atomic mass is 16.5. The number of fused-ring (bicyclic) bond motifs is 20. The van der Waals surface area contributed by atoms with Gasteiger partial charge in [-0.3, -0.25) is 0 Å². The lowest BCUT2D eigenvalue weighted by Gasteiger charge is -2.07. The van der Waals surface area contributed by atoms with Crippen LogP contribution in [0.4, 0.5) is 0 Å². The van der Waals surface area contributed by atoms with Crippen LogP contribution in [0.25, 0.3) is 89.7 Å². The standard InChI is InChI=1S/C37H22N8O4/c1-2-17-49-37(48)27-25(36(46)47)16-15-24-26(27)35-44-33-23-14-8-7-13-22(23)31(42-33)40-29-19-10-4-3-9-18(19)28(38-29)39-30-20-11-5-6-12-21(20)32(41-30)43-34(24)45-35/h2-16H,1,17H2,(H,46,47)(H2,38,39,40,41,42,43,44,45). The van der Waals surface area contributed by atoms with Gasteiger partial charge in [0.05, 0.1) is 11.1 Å². The summed E-state index contributed by atoms with van der Waals surface area (Å²) in [5, 5.41) is 12.5. The third-order valence-electron chi connectivity index (χ3n) is 8.49. The summed E-state index contributed by atoms with van der Waals surface area (Å²) in [5.74, 6) is -0.615. The normalized spacial score (nSPS) is 11.7. The van der Waals surface area contributed by atoms with Gasteiger partial charge in [-0.2, -0.15) is 0 Å². The van der Waals surface area contributed by atoms with Crippen molar-refractivity contribution in [3.63, 3.8) is 0 Å². The number of H-pyrrole nitrogens is 2. The number of nitrogens with zero attached hydrogens (tertiary/aromatic N) is 6. The molecule has 3 N–H and O–H groups in total. The predicted molar refractivity (Wildman–Crippen MR) is 183 cm³/mol. The van der Waals surface area contributed by atoms with E-state index < -0.39 is 11.9 Å². The molecule has 5 heterocycles. The number of carbonyl (C=O) groups excluding carboxylic acids is 1. The van der Waals surface area contributed by atoms with E-state index in [4.69, 9.17) is 34.6 Å². The Hall–Kier alpha value is -7.08. The Labute approximate surface area is 275 Å². The zero-order valence-corrected chi connectivity index (χ0v) is 25.4. The number of carbonyl (C=O) groups is 2. The maximum Gasteiger partial charge on any atom is 0.340 e. The van der Waals surface area contributed by atoms with E-state index in [1.165, 1.54) is 12.1 Å². The van der Waals surface area contributed by atoms with Gasteiger partial charge in [0.25, 0.3) is 0 Å². The Kier molecular flexibility index (Phi) is 6.17. The van der Waals surface area contributed by atoms with Crippen molar-refractivity contribution < 1.29 is 19.4 Å². The highest BCUT2D eigenvalue weighted by molar-refractivity contribution is 6.19. The highest BCUT2D eigenvalue weighted by Crippen LogP contribution is 2.37. The number of aromatic amines is 2. The molecule has 2 aliphatic heterocycles. The largest absolute Gasteiger partial charge is 0.478 e. The monoisotopic (exact) mass is 642 g/mol. The predicted octanol–water partition coefficient (Wildman–Crippen LogP) is 6.91. The number of ether oxygens (including phenoxy) is 1. The van der Waals surface area contributed by atoms with Crippen molar-refractivity contribution in [1.29, 1.82) is 0 Å². The minimum atomic E-state index is -1.30. The Balaban J connectivity index is 1.50. The van der Waals surface area contributed by atoms with Gasteiger partial charge in [-0.15, -0.1) is 0 Å². The molecule has 0 spiro atoms. The fourth-order valence-corrected chi connectivity index (χ4v) is 6.33. The van der Waals surface area contributed by atoms with Gasteiger partial charge in [0, 0.05) is 43.8 Å². The van der Waals surface area contributed by atoms with Gasteiger partial charge in [0.1, 0.15) is 29.2 Å². The third kappa shape index (κ3) is 4.38. The summed E-state index contributed by atoms with van der Waals surface area (Å²) in [6, 6.07) is 25.9. The van der Waals surface area contributed by atoms with Gasteiger partial charge in [0.15, 0.2) is 23.3 Å². The molecule has 0 radical (unpaired) electrons. The average molecular weight is 643 g/mol. The van der Waals surface area contributed by atoms with Crippen LogP contribution in [0.5, 0.6) is 0 Å². The van der Waals surface area contributed by atoms with Crippen LogP contribution in [-0.4, -0.2) is 63.5 Å². The molecule has 0 saturated carbocycles. The Bertz CT molecular complexity index is 2760. The van der Waals surface area contributed by atoms with Crippen molar-refractivity contribution in [1.82, 2.24) is 39.9 Å². The van der Waals surface area contributed by atoms with Crippen molar-refractivity contribution in [3.8, 4) is 45.6 Å². The van der Waals surface area contributed by atoms with Crippen molar-refractivity contribution in [3.05, 3.63) is 109 Å². The second-order valence-corrected chi connectivity index (χ2v) is 11.3. The second-order valence-electron chi connectivity index (χ2n) is 11.3. The fraction of sp³-hybridized carbons (Fsp3) is 0.0270. The molecule has 49 heavy (non-hydrogen) atoms. The first-order valence-electron chi connectivity index (χ1n) is 15.3. The minimum Gasteiger partial charge on any atom is -0.478 e. The van der Waals surface area contributed by atoms with E-state index in [1.807, 2.05) is 72.8 Å². The van der Waals surface area contributed by atoms with Crippen molar-refractivity contribution in [2.24, 2.45) is 0 Å². The number of carboxylic acid groups (broad SMARTS) is 1. The third-order valence-corrected chi connectivity index (χ3v) is 8.49. The molecule has 0 unspecified atom stereocenters. The van der Waals surface area contributed by atoms with E-state index in [1.54, 1.807) is 6.07 Å². The van der Waals surface area contributed by atoms with Crippen LogP contribution >= 0.6 is 0 Å². The highest BCUT2D eigenvalue weighted by Gasteiger charge is 2.27. The summed E-state index contributed by atoms with van der Waals surface area (Å²) >= 11 is 0. The smallest absolute Gasteiger partial charge is 0.340 e. The lowest BCUT2D eigenvalue weighted by molar-refractivity contribution is 0.0539. The van der Waals surface area contributed by atoms with Gasteiger partial charge < -0.3 is 19.8 Å². The topological polar surface area (TPSA) is 173 Å². The van der Waals surface area contributed by atoms with Crippen molar-refractivity contribution in [2.75, 3.05) is 6.61 Å². The molecule has 234 valence electrons. The van der Waals surface area contributed by atoms with E-state index >= 15 is 0 Å². The van der Waals surface area contributed by atoms with E-state index in [0.29, 0.717) is 51.2 Å². The molecule has 9 rings (SSSR count). The molecule has 0 amide bonds. The molecule has 0 fully saturated rings. The van der Waals surface area contributed by atoms with Gasteiger partial charge in [0.2, 0.25) is 0 Å². The number of hydrogen-bond acceptors (Lipinski definition) is 9. The zero-order valence-electron chi connectivity index (χ0n) is 25.4. The lowest BCUT2D eigenvalue weighted by Crippen LogP contribution is -2.12. The molecule has 4 aromatic carbocycles. The molecule has 3 aromatic heterocycles. The number of aromatic carboxylic acids is 1. The average Bonchev–Trinajstić information content (AvgIpc) is 3.86.